The van der Waals surface area contributed by atoms with E-state index in [1.165, 1.54) is 16.0 Å². The fourth-order valence-electron chi connectivity index (χ4n) is 3.72. The molecule has 0 fully saturated rings. The predicted molar refractivity (Wildman–Crippen MR) is 114 cm³/mol. The predicted octanol–water partition coefficient (Wildman–Crippen LogP) is 6.30. The Balaban J connectivity index is 1.67. The normalized spacial score (nSPS) is 17.4. The Morgan fingerprint density at radius 2 is 1.74 bits per heavy atom. The summed E-state index contributed by atoms with van der Waals surface area (Å²) in [7, 11) is 0. The molecule has 1 unspecified atom stereocenters. The summed E-state index contributed by atoms with van der Waals surface area (Å²) in [4.78, 5) is 14.1. The van der Waals surface area contributed by atoms with Gasteiger partial charge in [-0.3, -0.25) is 4.79 Å². The van der Waals surface area contributed by atoms with Gasteiger partial charge in [0.15, 0.2) is 5.78 Å². The smallest absolute Gasteiger partial charge is 0.167 e. The number of rotatable bonds is 6. The minimum atomic E-state index is 0.0858. The van der Waals surface area contributed by atoms with Crippen LogP contribution in [0.15, 0.2) is 53.1 Å². The third-order valence-corrected chi connectivity index (χ3v) is 6.30. The minimum absolute atomic E-state index is 0.0858. The molecule has 3 rings (SSSR count). The maximum Gasteiger partial charge on any atom is 0.167 e. The van der Waals surface area contributed by atoms with Crippen molar-refractivity contribution in [2.75, 3.05) is 5.75 Å². The molecule has 1 aliphatic rings. The molecular weight excluding hydrogens is 352 g/mol. The van der Waals surface area contributed by atoms with Crippen molar-refractivity contribution in [3.8, 4) is 0 Å². The second-order valence-electron chi connectivity index (χ2n) is 7.48. The lowest BCUT2D eigenvalue weighted by Gasteiger charge is -2.24. The Bertz CT molecular complexity index is 849. The van der Waals surface area contributed by atoms with E-state index in [0.29, 0.717) is 18.4 Å². The van der Waals surface area contributed by atoms with E-state index >= 15 is 0 Å². The highest BCUT2D eigenvalue weighted by Crippen LogP contribution is 2.36. The van der Waals surface area contributed by atoms with Crippen molar-refractivity contribution >= 4 is 23.1 Å². The van der Waals surface area contributed by atoms with Crippen LogP contribution in [0.5, 0.6) is 0 Å². The summed E-state index contributed by atoms with van der Waals surface area (Å²) in [6.07, 6.45) is 2.94. The first kappa shape index (κ1) is 19.8. The summed E-state index contributed by atoms with van der Waals surface area (Å²) >= 11 is 1.82. The van der Waals surface area contributed by atoms with Crippen LogP contribution in [0.4, 0.5) is 0 Å². The molecule has 0 radical (unpaired) electrons. The van der Waals surface area contributed by atoms with Gasteiger partial charge < -0.3 is 5.11 Å². The Hall–Kier alpha value is -2.00. The molecule has 0 saturated carbocycles. The highest BCUT2D eigenvalue weighted by molar-refractivity contribution is 7.99. The summed E-state index contributed by atoms with van der Waals surface area (Å²) in [5.41, 5.74) is 5.05. The van der Waals surface area contributed by atoms with Gasteiger partial charge in [0.25, 0.3) is 0 Å². The Morgan fingerprint density at radius 1 is 1.04 bits per heavy atom. The van der Waals surface area contributed by atoms with E-state index in [1.807, 2.05) is 23.9 Å². The Labute approximate surface area is 166 Å². The highest BCUT2D eigenvalue weighted by atomic mass is 32.2. The lowest BCUT2D eigenvalue weighted by atomic mass is 9.81. The molecule has 2 aromatic carbocycles. The van der Waals surface area contributed by atoms with E-state index in [2.05, 4.69) is 51.1 Å². The van der Waals surface area contributed by atoms with Crippen molar-refractivity contribution in [2.45, 2.75) is 51.3 Å². The molecule has 0 saturated heterocycles. The van der Waals surface area contributed by atoms with Gasteiger partial charge in [-0.15, -0.1) is 11.8 Å². The number of aryl methyl sites for hydroxylation is 3. The van der Waals surface area contributed by atoms with Crippen LogP contribution in [0.3, 0.4) is 0 Å². The number of benzene rings is 2. The van der Waals surface area contributed by atoms with Crippen LogP contribution in [-0.2, 0) is 11.2 Å². The topological polar surface area (TPSA) is 37.3 Å². The third-order valence-electron chi connectivity index (χ3n) is 5.25. The van der Waals surface area contributed by atoms with Gasteiger partial charge in [-0.05, 0) is 61.6 Å². The third kappa shape index (κ3) is 4.84. The van der Waals surface area contributed by atoms with Crippen LogP contribution >= 0.6 is 11.8 Å². The molecule has 2 aromatic rings. The average molecular weight is 381 g/mol. The number of hydrogen-bond acceptors (Lipinski definition) is 3. The van der Waals surface area contributed by atoms with Gasteiger partial charge in [0.1, 0.15) is 5.76 Å². The van der Waals surface area contributed by atoms with Gasteiger partial charge >= 0.3 is 0 Å². The second-order valence-corrected chi connectivity index (χ2v) is 8.65. The fraction of sp³-hybridized carbons (Fsp3) is 0.375. The van der Waals surface area contributed by atoms with Gasteiger partial charge in [0.2, 0.25) is 0 Å². The maximum absolute atomic E-state index is 12.8. The molecule has 1 aliphatic carbocycles. The quantitative estimate of drug-likeness (QED) is 0.598. The van der Waals surface area contributed by atoms with E-state index in [4.69, 9.17) is 0 Å². The van der Waals surface area contributed by atoms with Gasteiger partial charge in [-0.1, -0.05) is 48.4 Å². The van der Waals surface area contributed by atoms with Crippen LogP contribution in [-0.4, -0.2) is 16.6 Å². The number of carbonyl (C=O) groups excluding carboxylic acids is 1. The Morgan fingerprint density at radius 3 is 2.41 bits per heavy atom. The molecular formula is C24H28O2S. The zero-order chi connectivity index (χ0) is 19.4. The average Bonchev–Trinajstić information content (AvgIpc) is 2.64. The molecule has 3 heteroatoms. The molecule has 0 aliphatic heterocycles. The number of thioether (sulfide) groups is 1. The van der Waals surface area contributed by atoms with Gasteiger partial charge in [-0.2, -0.15) is 0 Å². The molecule has 0 heterocycles. The standard InChI is InChI=1S/C24H28O2S/c1-4-19-13-17(3)7-10-21(19)24-22(25)14-18(15-23(24)26)11-12-27-20-8-5-16(2)6-9-20/h5-10,13,18,25H,4,11-12,14-15H2,1-3H3. The van der Waals surface area contributed by atoms with Crippen LogP contribution in [0.2, 0.25) is 0 Å². The van der Waals surface area contributed by atoms with Crippen molar-refractivity contribution in [3.05, 3.63) is 70.5 Å². The lowest BCUT2D eigenvalue weighted by molar-refractivity contribution is -0.115. The van der Waals surface area contributed by atoms with Gasteiger partial charge in [-0.25, -0.2) is 0 Å². The number of hydrogen-bond donors (Lipinski definition) is 1. The number of allylic oxidation sites excluding steroid dienone is 2. The van der Waals surface area contributed by atoms with Crippen molar-refractivity contribution in [1.82, 2.24) is 0 Å². The first-order valence-electron chi connectivity index (χ1n) is 9.72. The number of aliphatic hydroxyl groups excluding tert-OH is 1. The number of ketones is 1. The molecule has 142 valence electrons. The molecule has 1 N–H and O–H groups in total. The molecule has 0 aromatic heterocycles. The number of carbonyl (C=O) groups is 1. The molecule has 2 nitrogen and oxygen atoms in total. The lowest BCUT2D eigenvalue weighted by Crippen LogP contribution is -2.20. The molecule has 0 bridgehead atoms. The van der Waals surface area contributed by atoms with E-state index in [-0.39, 0.29) is 17.5 Å². The van der Waals surface area contributed by atoms with Gasteiger partial charge in [0.05, 0.1) is 5.57 Å². The van der Waals surface area contributed by atoms with E-state index in [9.17, 15) is 9.90 Å². The SMILES string of the molecule is CCc1cc(C)ccc1C1=C(O)CC(CCSc2ccc(C)cc2)CC1=O. The van der Waals surface area contributed by atoms with Crippen LogP contribution < -0.4 is 0 Å². The van der Waals surface area contributed by atoms with Gasteiger partial charge in [0, 0.05) is 17.7 Å². The summed E-state index contributed by atoms with van der Waals surface area (Å²) < 4.78 is 0. The summed E-state index contributed by atoms with van der Waals surface area (Å²) in [6, 6.07) is 14.7. The molecule has 1 atom stereocenters. The molecule has 27 heavy (non-hydrogen) atoms. The summed E-state index contributed by atoms with van der Waals surface area (Å²) in [5.74, 6) is 1.56. The zero-order valence-electron chi connectivity index (χ0n) is 16.4. The maximum atomic E-state index is 12.8. The van der Waals surface area contributed by atoms with E-state index in [0.717, 1.165) is 29.7 Å². The zero-order valence-corrected chi connectivity index (χ0v) is 17.2. The Kier molecular flexibility index (Phi) is 6.43. The first-order valence-corrected chi connectivity index (χ1v) is 10.7. The van der Waals surface area contributed by atoms with Crippen molar-refractivity contribution < 1.29 is 9.90 Å². The number of aliphatic hydroxyl groups is 1. The second kappa shape index (κ2) is 8.79. The van der Waals surface area contributed by atoms with Crippen molar-refractivity contribution in [2.24, 2.45) is 5.92 Å². The summed E-state index contributed by atoms with van der Waals surface area (Å²) in [6.45, 7) is 6.24. The largest absolute Gasteiger partial charge is 0.512 e. The van der Waals surface area contributed by atoms with E-state index < -0.39 is 0 Å². The summed E-state index contributed by atoms with van der Waals surface area (Å²) in [5, 5.41) is 10.7. The van der Waals surface area contributed by atoms with Crippen molar-refractivity contribution in [1.29, 1.82) is 0 Å². The van der Waals surface area contributed by atoms with E-state index in [1.54, 1.807) is 0 Å². The van der Waals surface area contributed by atoms with Crippen LogP contribution in [0, 0.1) is 19.8 Å². The highest BCUT2D eigenvalue weighted by Gasteiger charge is 2.29. The first-order chi connectivity index (χ1) is 13.0. The van der Waals surface area contributed by atoms with Crippen LogP contribution in [0.25, 0.3) is 5.57 Å². The monoisotopic (exact) mass is 380 g/mol. The number of Topliss-reactive ketones (excluding diaryl/α,β-unsaturated/α-hetero) is 1. The molecule has 0 amide bonds. The van der Waals surface area contributed by atoms with Crippen LogP contribution in [0.1, 0.15) is 48.4 Å². The van der Waals surface area contributed by atoms with Crippen molar-refractivity contribution in [3.63, 3.8) is 0 Å². The fourth-order valence-corrected chi connectivity index (χ4v) is 4.73. The molecule has 0 spiro atoms. The minimum Gasteiger partial charge on any atom is -0.512 e.